The molecule has 3 rings (SSSR count). The third kappa shape index (κ3) is 4.43. The van der Waals surface area contributed by atoms with Crippen LogP contribution in [0.3, 0.4) is 0 Å². The quantitative estimate of drug-likeness (QED) is 0.702. The third-order valence-corrected chi connectivity index (χ3v) is 5.97. The van der Waals surface area contributed by atoms with E-state index >= 15 is 0 Å². The van der Waals surface area contributed by atoms with Gasteiger partial charge in [-0.25, -0.2) is 4.68 Å². The van der Waals surface area contributed by atoms with Crippen LogP contribution < -0.4 is 9.47 Å². The van der Waals surface area contributed by atoms with Crippen LogP contribution in [0.5, 0.6) is 11.5 Å². The minimum atomic E-state index is 0.784. The Labute approximate surface area is 163 Å². The van der Waals surface area contributed by atoms with Gasteiger partial charge in [-0.3, -0.25) is 9.80 Å². The van der Waals surface area contributed by atoms with E-state index in [4.69, 9.17) is 21.7 Å². The number of piperazine rings is 1. The first-order valence-corrected chi connectivity index (χ1v) is 9.93. The SMILES string of the molecule is COc1cc(C)c(CN2CCN(Cn3nc(C)sc3=S)CC2)cc1OC. The van der Waals surface area contributed by atoms with Crippen LogP contribution in [-0.4, -0.2) is 60.0 Å². The third-order valence-electron chi connectivity index (χ3n) is 4.74. The molecular weight excluding hydrogens is 368 g/mol. The molecule has 26 heavy (non-hydrogen) atoms. The molecule has 1 aliphatic heterocycles. The van der Waals surface area contributed by atoms with Crippen molar-refractivity contribution in [2.75, 3.05) is 40.4 Å². The molecule has 1 aromatic heterocycles. The van der Waals surface area contributed by atoms with Crippen molar-refractivity contribution in [2.45, 2.75) is 27.1 Å². The zero-order valence-corrected chi connectivity index (χ0v) is 17.5. The molecule has 0 spiro atoms. The molecule has 0 unspecified atom stereocenters. The van der Waals surface area contributed by atoms with E-state index in [1.807, 2.05) is 11.6 Å². The van der Waals surface area contributed by atoms with Crippen molar-refractivity contribution in [2.24, 2.45) is 0 Å². The summed E-state index contributed by atoms with van der Waals surface area (Å²) < 4.78 is 13.6. The van der Waals surface area contributed by atoms with Crippen LogP contribution in [0.15, 0.2) is 12.1 Å². The van der Waals surface area contributed by atoms with Gasteiger partial charge in [-0.05, 0) is 49.3 Å². The van der Waals surface area contributed by atoms with Gasteiger partial charge in [-0.1, -0.05) is 11.3 Å². The minimum absolute atomic E-state index is 0.784. The fraction of sp³-hybridized carbons (Fsp3) is 0.556. The van der Waals surface area contributed by atoms with Gasteiger partial charge < -0.3 is 9.47 Å². The summed E-state index contributed by atoms with van der Waals surface area (Å²) in [7, 11) is 3.35. The molecule has 1 fully saturated rings. The lowest BCUT2D eigenvalue weighted by atomic mass is 10.1. The molecule has 0 bridgehead atoms. The van der Waals surface area contributed by atoms with Crippen molar-refractivity contribution in [3.63, 3.8) is 0 Å². The first kappa shape index (κ1) is 19.3. The molecule has 1 saturated heterocycles. The van der Waals surface area contributed by atoms with E-state index in [0.29, 0.717) is 0 Å². The van der Waals surface area contributed by atoms with Crippen LogP contribution in [0, 0.1) is 17.8 Å². The highest BCUT2D eigenvalue weighted by molar-refractivity contribution is 7.73. The van der Waals surface area contributed by atoms with Gasteiger partial charge in [0, 0.05) is 32.7 Å². The maximum absolute atomic E-state index is 5.45. The van der Waals surface area contributed by atoms with E-state index < -0.39 is 0 Å². The topological polar surface area (TPSA) is 42.8 Å². The number of ether oxygens (including phenoxy) is 2. The van der Waals surface area contributed by atoms with E-state index in [1.54, 1.807) is 25.6 Å². The van der Waals surface area contributed by atoms with Crippen LogP contribution in [0.4, 0.5) is 0 Å². The van der Waals surface area contributed by atoms with Crippen LogP contribution in [0.1, 0.15) is 16.1 Å². The molecular formula is C18H26N4O2S2. The van der Waals surface area contributed by atoms with Crippen molar-refractivity contribution >= 4 is 23.6 Å². The maximum Gasteiger partial charge on any atom is 0.180 e. The second-order valence-electron chi connectivity index (χ2n) is 6.56. The summed E-state index contributed by atoms with van der Waals surface area (Å²) in [5.41, 5.74) is 2.52. The van der Waals surface area contributed by atoms with Gasteiger partial charge >= 0.3 is 0 Å². The van der Waals surface area contributed by atoms with Gasteiger partial charge in [0.15, 0.2) is 15.5 Å². The van der Waals surface area contributed by atoms with Crippen LogP contribution >= 0.6 is 23.6 Å². The summed E-state index contributed by atoms with van der Waals surface area (Å²) in [5.74, 6) is 1.58. The number of aryl methyl sites for hydroxylation is 2. The van der Waals surface area contributed by atoms with Crippen LogP contribution in [0.25, 0.3) is 0 Å². The summed E-state index contributed by atoms with van der Waals surface area (Å²) >= 11 is 6.95. The molecule has 0 saturated carbocycles. The Hall–Kier alpha value is -1.48. The highest BCUT2D eigenvalue weighted by atomic mass is 32.1. The molecule has 2 heterocycles. The van der Waals surface area contributed by atoms with Gasteiger partial charge in [0.2, 0.25) is 0 Å². The summed E-state index contributed by atoms with van der Waals surface area (Å²) in [4.78, 5) is 4.89. The monoisotopic (exact) mass is 394 g/mol. The molecule has 0 N–H and O–H groups in total. The summed E-state index contributed by atoms with van der Waals surface area (Å²) in [6.07, 6.45) is 0. The van der Waals surface area contributed by atoms with Gasteiger partial charge in [-0.15, -0.1) is 0 Å². The van der Waals surface area contributed by atoms with E-state index in [0.717, 1.165) is 59.9 Å². The van der Waals surface area contributed by atoms with Crippen molar-refractivity contribution in [1.29, 1.82) is 0 Å². The summed E-state index contributed by atoms with van der Waals surface area (Å²) in [5, 5.41) is 5.51. The molecule has 1 aromatic carbocycles. The molecule has 8 heteroatoms. The molecule has 1 aliphatic rings. The zero-order chi connectivity index (χ0) is 18.7. The summed E-state index contributed by atoms with van der Waals surface area (Å²) in [6, 6.07) is 4.15. The summed E-state index contributed by atoms with van der Waals surface area (Å²) in [6.45, 7) is 9.94. The highest BCUT2D eigenvalue weighted by Crippen LogP contribution is 2.31. The average Bonchev–Trinajstić information content (AvgIpc) is 2.95. The van der Waals surface area contributed by atoms with E-state index in [1.165, 1.54) is 11.1 Å². The smallest absolute Gasteiger partial charge is 0.180 e. The molecule has 0 aliphatic carbocycles. The Morgan fingerprint density at radius 1 is 1.04 bits per heavy atom. The van der Waals surface area contributed by atoms with Gasteiger partial charge in [0.05, 0.1) is 20.9 Å². The molecule has 2 aromatic rings. The van der Waals surface area contributed by atoms with Crippen molar-refractivity contribution in [3.8, 4) is 11.5 Å². The minimum Gasteiger partial charge on any atom is -0.493 e. The first-order valence-electron chi connectivity index (χ1n) is 8.71. The fourth-order valence-electron chi connectivity index (χ4n) is 3.21. The number of benzene rings is 1. The number of hydrogen-bond acceptors (Lipinski definition) is 7. The Morgan fingerprint density at radius 2 is 1.65 bits per heavy atom. The first-order chi connectivity index (χ1) is 12.5. The molecule has 0 amide bonds. The van der Waals surface area contributed by atoms with E-state index in [2.05, 4.69) is 34.0 Å². The molecule has 0 radical (unpaired) electrons. The second kappa shape index (κ2) is 8.47. The maximum atomic E-state index is 5.45. The second-order valence-corrected chi connectivity index (χ2v) is 8.38. The largest absolute Gasteiger partial charge is 0.493 e. The molecule has 142 valence electrons. The number of hydrogen-bond donors (Lipinski definition) is 0. The Bertz CT molecular complexity index is 810. The zero-order valence-electron chi connectivity index (χ0n) is 15.8. The number of nitrogens with zero attached hydrogens (tertiary/aromatic N) is 4. The van der Waals surface area contributed by atoms with Gasteiger partial charge in [0.25, 0.3) is 0 Å². The highest BCUT2D eigenvalue weighted by Gasteiger charge is 2.19. The van der Waals surface area contributed by atoms with Crippen LogP contribution in [0.2, 0.25) is 0 Å². The number of aromatic nitrogens is 2. The van der Waals surface area contributed by atoms with Crippen molar-refractivity contribution in [1.82, 2.24) is 19.6 Å². The Kier molecular flexibility index (Phi) is 6.29. The predicted octanol–water partition coefficient (Wildman–Crippen LogP) is 3.08. The Morgan fingerprint density at radius 3 is 2.23 bits per heavy atom. The van der Waals surface area contributed by atoms with Crippen molar-refractivity contribution in [3.05, 3.63) is 32.2 Å². The lowest BCUT2D eigenvalue weighted by molar-refractivity contribution is 0.0981. The lowest BCUT2D eigenvalue weighted by Crippen LogP contribution is -2.46. The standard InChI is InChI=1S/C18H26N4O2S2/c1-13-9-16(23-3)17(24-4)10-15(13)11-20-5-7-21(8-6-20)12-22-18(25)26-14(2)19-22/h9-10H,5-8,11-12H2,1-4H3. The molecule has 0 atom stereocenters. The normalized spacial score (nSPS) is 16.0. The number of methoxy groups -OCH3 is 2. The lowest BCUT2D eigenvalue weighted by Gasteiger charge is -2.34. The average molecular weight is 395 g/mol. The van der Waals surface area contributed by atoms with Crippen molar-refractivity contribution < 1.29 is 9.47 Å². The van der Waals surface area contributed by atoms with Gasteiger partial charge in [0.1, 0.15) is 5.01 Å². The molecule has 6 nitrogen and oxygen atoms in total. The van der Waals surface area contributed by atoms with E-state index in [-0.39, 0.29) is 0 Å². The predicted molar refractivity (Wildman–Crippen MR) is 107 cm³/mol. The number of rotatable bonds is 6. The van der Waals surface area contributed by atoms with Crippen LogP contribution in [-0.2, 0) is 13.2 Å². The Balaban J connectivity index is 1.59. The fourth-order valence-corrected chi connectivity index (χ4v) is 4.27. The van der Waals surface area contributed by atoms with Gasteiger partial charge in [-0.2, -0.15) is 5.10 Å². The van der Waals surface area contributed by atoms with E-state index in [9.17, 15) is 0 Å².